The number of halogens is 2. The van der Waals surface area contributed by atoms with Gasteiger partial charge in [0.2, 0.25) is 0 Å². The zero-order chi connectivity index (χ0) is 21.3. The first-order valence-corrected chi connectivity index (χ1v) is 9.52. The van der Waals surface area contributed by atoms with Gasteiger partial charge >= 0.3 is 0 Å². The highest BCUT2D eigenvalue weighted by atomic mass is 35.5. The van der Waals surface area contributed by atoms with Crippen molar-refractivity contribution in [2.75, 3.05) is 13.6 Å². The first kappa shape index (κ1) is 20.2. The van der Waals surface area contributed by atoms with Gasteiger partial charge in [-0.2, -0.15) is 4.99 Å². The summed E-state index contributed by atoms with van der Waals surface area (Å²) in [6.07, 6.45) is 4.69. The third-order valence-electron chi connectivity index (χ3n) is 4.60. The molecule has 4 rings (SSSR count). The van der Waals surface area contributed by atoms with E-state index in [0.717, 1.165) is 0 Å². The highest BCUT2D eigenvalue weighted by molar-refractivity contribution is 6.31. The molecule has 1 unspecified atom stereocenters. The third-order valence-corrected chi connectivity index (χ3v) is 4.95. The summed E-state index contributed by atoms with van der Waals surface area (Å²) in [4.78, 5) is 10.5. The van der Waals surface area contributed by atoms with Crippen LogP contribution < -0.4 is 5.84 Å². The molecule has 0 amide bonds. The lowest BCUT2D eigenvalue weighted by molar-refractivity contribution is -0.803. The SMILES string of the molecule is Cc1ccc(Cl)c(CN(C)CC#CC2=C[N+]3(N)N=C(c4ccco4)N=C3C=N2)c1F. The van der Waals surface area contributed by atoms with Crippen LogP contribution in [0, 0.1) is 24.6 Å². The minimum Gasteiger partial charge on any atom is -0.461 e. The standard InChI is InChI=1S/C21H19ClFN6O/c1-14-7-8-17(22)16(20(14)23)12-28(2)9-3-5-15-13-29(24)19(11-25-15)26-21(27-29)18-6-4-10-30-18/h4,6-8,10-11,13H,9,12,24H2,1-2H3/q+1. The van der Waals surface area contributed by atoms with Crippen LogP contribution in [0.2, 0.25) is 5.02 Å². The van der Waals surface area contributed by atoms with Crippen molar-refractivity contribution in [3.8, 4) is 11.8 Å². The molecular weight excluding hydrogens is 407 g/mol. The fraction of sp³-hybridized carbons (Fsp3) is 0.190. The van der Waals surface area contributed by atoms with E-state index in [0.29, 0.717) is 52.4 Å². The molecule has 0 spiro atoms. The van der Waals surface area contributed by atoms with Crippen molar-refractivity contribution in [3.63, 3.8) is 0 Å². The van der Waals surface area contributed by atoms with E-state index >= 15 is 0 Å². The number of allylic oxidation sites excluding steroid dienone is 1. The summed E-state index contributed by atoms with van der Waals surface area (Å²) in [6.45, 7) is 2.45. The van der Waals surface area contributed by atoms with Gasteiger partial charge in [-0.15, -0.1) is 5.84 Å². The van der Waals surface area contributed by atoms with Gasteiger partial charge in [0.25, 0.3) is 11.7 Å². The van der Waals surface area contributed by atoms with Gasteiger partial charge in [0, 0.05) is 17.1 Å². The predicted octanol–water partition coefficient (Wildman–Crippen LogP) is 3.21. The van der Waals surface area contributed by atoms with E-state index in [1.54, 1.807) is 43.7 Å². The number of amidine groups is 2. The van der Waals surface area contributed by atoms with Crippen molar-refractivity contribution in [3.05, 3.63) is 70.2 Å². The Labute approximate surface area is 178 Å². The van der Waals surface area contributed by atoms with Gasteiger partial charge in [-0.05, 0) is 53.5 Å². The van der Waals surface area contributed by atoms with Crippen molar-refractivity contribution < 1.29 is 13.5 Å². The van der Waals surface area contributed by atoms with E-state index in [2.05, 4.69) is 26.9 Å². The van der Waals surface area contributed by atoms with Crippen LogP contribution in [0.5, 0.6) is 0 Å². The van der Waals surface area contributed by atoms with Crippen LogP contribution in [0.1, 0.15) is 16.9 Å². The number of nitrogens with two attached hydrogens (primary N) is 1. The maximum absolute atomic E-state index is 14.3. The van der Waals surface area contributed by atoms with Gasteiger partial charge in [0.15, 0.2) is 17.7 Å². The van der Waals surface area contributed by atoms with E-state index in [4.69, 9.17) is 21.9 Å². The summed E-state index contributed by atoms with van der Waals surface area (Å²) in [5.74, 6) is 13.4. The van der Waals surface area contributed by atoms with E-state index in [1.165, 1.54) is 6.21 Å². The number of fused-ring (bicyclic) bond motifs is 1. The minimum atomic E-state index is -0.372. The molecule has 0 fully saturated rings. The van der Waals surface area contributed by atoms with Crippen molar-refractivity contribution in [1.82, 2.24) is 4.90 Å². The summed E-state index contributed by atoms with van der Waals surface area (Å²) >= 11 is 6.14. The van der Waals surface area contributed by atoms with E-state index in [-0.39, 0.29) is 10.5 Å². The third kappa shape index (κ3) is 3.97. The molecule has 1 atom stereocenters. The number of hydrogen-bond donors (Lipinski definition) is 1. The normalized spacial score (nSPS) is 19.7. The summed E-state index contributed by atoms with van der Waals surface area (Å²) < 4.78 is 19.3. The first-order chi connectivity index (χ1) is 14.4. The molecular formula is C21H19ClFN6O+. The van der Waals surface area contributed by atoms with Crippen LogP contribution >= 0.6 is 11.6 Å². The number of rotatable bonds is 4. The quantitative estimate of drug-likeness (QED) is 0.464. The van der Waals surface area contributed by atoms with Crippen LogP contribution in [0.4, 0.5) is 4.39 Å². The van der Waals surface area contributed by atoms with Gasteiger partial charge in [-0.25, -0.2) is 9.38 Å². The fourth-order valence-corrected chi connectivity index (χ4v) is 3.21. The van der Waals surface area contributed by atoms with Gasteiger partial charge in [0.1, 0.15) is 12.0 Å². The number of hydrogen-bond acceptors (Lipinski definition) is 6. The molecule has 2 N–H and O–H groups in total. The molecule has 7 nitrogen and oxygen atoms in total. The zero-order valence-corrected chi connectivity index (χ0v) is 17.2. The van der Waals surface area contributed by atoms with Crippen molar-refractivity contribution in [2.24, 2.45) is 20.9 Å². The molecule has 0 bridgehead atoms. The Bertz CT molecular complexity index is 1170. The molecule has 0 radical (unpaired) electrons. The van der Waals surface area contributed by atoms with Crippen molar-refractivity contribution in [1.29, 1.82) is 0 Å². The molecule has 0 saturated heterocycles. The molecule has 2 aliphatic heterocycles. The molecule has 3 heterocycles. The number of aryl methyl sites for hydroxylation is 1. The van der Waals surface area contributed by atoms with Gasteiger partial charge in [-0.3, -0.25) is 4.90 Å². The Kier molecular flexibility index (Phi) is 5.37. The van der Waals surface area contributed by atoms with Crippen LogP contribution in [-0.2, 0) is 6.54 Å². The molecule has 152 valence electrons. The summed E-state index contributed by atoms with van der Waals surface area (Å²) in [7, 11) is 1.84. The Hall–Kier alpha value is -3.09. The van der Waals surface area contributed by atoms with Crippen LogP contribution in [0.25, 0.3) is 0 Å². The molecule has 30 heavy (non-hydrogen) atoms. The monoisotopic (exact) mass is 425 g/mol. The summed E-state index contributed by atoms with van der Waals surface area (Å²) in [5, 5.41) is 4.79. The lowest BCUT2D eigenvalue weighted by Gasteiger charge is -2.18. The molecule has 1 aromatic heterocycles. The zero-order valence-electron chi connectivity index (χ0n) is 16.4. The fourth-order valence-electron chi connectivity index (χ4n) is 3.01. The van der Waals surface area contributed by atoms with E-state index in [1.807, 2.05) is 11.9 Å². The Morgan fingerprint density at radius 3 is 2.93 bits per heavy atom. The average Bonchev–Trinajstić information content (AvgIpc) is 3.35. The van der Waals surface area contributed by atoms with Crippen LogP contribution in [0.3, 0.4) is 0 Å². The molecule has 0 aliphatic carbocycles. The topological polar surface area (TPSA) is 79.5 Å². The van der Waals surface area contributed by atoms with Gasteiger partial charge in [-0.1, -0.05) is 23.6 Å². The largest absolute Gasteiger partial charge is 0.461 e. The van der Waals surface area contributed by atoms with Gasteiger partial charge < -0.3 is 4.42 Å². The molecule has 0 saturated carbocycles. The van der Waals surface area contributed by atoms with Gasteiger partial charge in [0.05, 0.1) is 12.8 Å². The Morgan fingerprint density at radius 2 is 2.17 bits per heavy atom. The molecule has 9 heteroatoms. The maximum atomic E-state index is 14.3. The molecule has 1 aromatic carbocycles. The lowest BCUT2D eigenvalue weighted by atomic mass is 10.1. The molecule has 2 aromatic rings. The van der Waals surface area contributed by atoms with Crippen LogP contribution in [-0.4, -0.2) is 41.1 Å². The highest BCUT2D eigenvalue weighted by Crippen LogP contribution is 2.23. The number of benzene rings is 1. The number of aliphatic imine (C=N–C) groups is 2. The second kappa shape index (κ2) is 7.97. The molecule has 2 aliphatic rings. The van der Waals surface area contributed by atoms with Crippen molar-refractivity contribution >= 4 is 29.5 Å². The van der Waals surface area contributed by atoms with Crippen LogP contribution in [0.15, 0.2) is 61.9 Å². The predicted molar refractivity (Wildman–Crippen MR) is 114 cm³/mol. The first-order valence-electron chi connectivity index (χ1n) is 9.14. The van der Waals surface area contributed by atoms with E-state index < -0.39 is 0 Å². The Balaban J connectivity index is 1.45. The second-order valence-electron chi connectivity index (χ2n) is 7.01. The average molecular weight is 426 g/mol. The van der Waals surface area contributed by atoms with E-state index in [9.17, 15) is 4.39 Å². The smallest absolute Gasteiger partial charge is 0.300 e. The number of quaternary nitrogens is 1. The Morgan fingerprint density at radius 1 is 1.33 bits per heavy atom. The minimum absolute atomic E-state index is 0.289. The number of furan rings is 1. The van der Waals surface area contributed by atoms with Crippen molar-refractivity contribution in [2.45, 2.75) is 13.5 Å². The number of nitrogens with zero attached hydrogens (tertiary/aromatic N) is 5. The highest BCUT2D eigenvalue weighted by Gasteiger charge is 2.39. The second-order valence-corrected chi connectivity index (χ2v) is 7.42. The summed E-state index contributed by atoms with van der Waals surface area (Å²) in [6, 6.07) is 6.88. The lowest BCUT2D eigenvalue weighted by Crippen LogP contribution is -2.50. The summed E-state index contributed by atoms with van der Waals surface area (Å²) in [5.41, 5.74) is 1.49. The maximum Gasteiger partial charge on any atom is 0.300 e.